The van der Waals surface area contributed by atoms with Crippen molar-refractivity contribution < 1.29 is 0 Å². The summed E-state index contributed by atoms with van der Waals surface area (Å²) in [6.45, 7) is 2.14. The second-order valence-corrected chi connectivity index (χ2v) is 4.58. The topological polar surface area (TPSA) is 24.9 Å². The zero-order chi connectivity index (χ0) is 11.4. The van der Waals surface area contributed by atoms with Gasteiger partial charge in [0, 0.05) is 16.7 Å². The second kappa shape index (κ2) is 5.12. The van der Waals surface area contributed by atoms with Crippen LogP contribution in [0.3, 0.4) is 0 Å². The van der Waals surface area contributed by atoms with E-state index >= 15 is 0 Å². The van der Waals surface area contributed by atoms with E-state index in [1.165, 1.54) is 5.56 Å². The van der Waals surface area contributed by atoms with Gasteiger partial charge in [0.05, 0.1) is 11.9 Å². The van der Waals surface area contributed by atoms with Crippen LogP contribution in [0.2, 0.25) is 0 Å². The molecule has 0 aliphatic carbocycles. The maximum absolute atomic E-state index is 4.12. The monoisotopic (exact) mass is 276 g/mol. The molecular weight excluding hydrogens is 264 g/mol. The van der Waals surface area contributed by atoms with Gasteiger partial charge in [-0.25, -0.2) is 0 Å². The average molecular weight is 277 g/mol. The normalized spacial score (nSPS) is 12.1. The van der Waals surface area contributed by atoms with Gasteiger partial charge in [0.2, 0.25) is 0 Å². The van der Waals surface area contributed by atoms with Crippen molar-refractivity contribution in [3.8, 4) is 0 Å². The van der Waals surface area contributed by atoms with Crippen molar-refractivity contribution in [3.63, 3.8) is 0 Å². The van der Waals surface area contributed by atoms with E-state index in [2.05, 4.69) is 45.3 Å². The molecule has 1 aromatic heterocycles. The first-order valence-electron chi connectivity index (χ1n) is 5.18. The molecule has 82 valence electrons. The first kappa shape index (κ1) is 11.1. The smallest absolute Gasteiger partial charge is 0.0542 e. The number of nitrogens with zero attached hydrogens (tertiary/aromatic N) is 1. The molecule has 0 bridgehead atoms. The first-order valence-corrected chi connectivity index (χ1v) is 5.97. The summed E-state index contributed by atoms with van der Waals surface area (Å²) in [5.41, 5.74) is 2.29. The lowest BCUT2D eigenvalue weighted by Gasteiger charge is -2.15. The predicted octanol–water partition coefficient (Wildman–Crippen LogP) is 4.02. The van der Waals surface area contributed by atoms with E-state index in [0.717, 1.165) is 10.2 Å². The Bertz CT molecular complexity index is 456. The fourth-order valence-electron chi connectivity index (χ4n) is 1.57. The quantitative estimate of drug-likeness (QED) is 0.916. The average Bonchev–Trinajstić information content (AvgIpc) is 2.30. The molecule has 0 saturated carbocycles. The van der Waals surface area contributed by atoms with Gasteiger partial charge in [0.25, 0.3) is 0 Å². The minimum atomic E-state index is 0.275. The number of nitrogens with one attached hydrogen (secondary N) is 1. The van der Waals surface area contributed by atoms with Gasteiger partial charge >= 0.3 is 0 Å². The Morgan fingerprint density at radius 2 is 1.94 bits per heavy atom. The summed E-state index contributed by atoms with van der Waals surface area (Å²) in [5, 5.41) is 3.41. The lowest BCUT2D eigenvalue weighted by molar-refractivity contribution is 0.882. The summed E-state index contributed by atoms with van der Waals surface area (Å²) in [6, 6.07) is 12.6. The Hall–Kier alpha value is -1.35. The summed E-state index contributed by atoms with van der Waals surface area (Å²) < 4.78 is 0.984. The Morgan fingerprint density at radius 1 is 1.19 bits per heavy atom. The van der Waals surface area contributed by atoms with Gasteiger partial charge in [-0.05, 0) is 34.5 Å². The molecule has 0 amide bonds. The molecule has 0 fully saturated rings. The van der Waals surface area contributed by atoms with Gasteiger partial charge in [0.15, 0.2) is 0 Å². The van der Waals surface area contributed by atoms with E-state index in [-0.39, 0.29) is 6.04 Å². The lowest BCUT2D eigenvalue weighted by atomic mass is 10.1. The van der Waals surface area contributed by atoms with Crippen LogP contribution >= 0.6 is 15.9 Å². The highest BCUT2D eigenvalue weighted by Crippen LogP contribution is 2.20. The first-order chi connectivity index (χ1) is 7.75. The van der Waals surface area contributed by atoms with Crippen molar-refractivity contribution in [2.24, 2.45) is 0 Å². The van der Waals surface area contributed by atoms with Gasteiger partial charge in [0.1, 0.15) is 0 Å². The van der Waals surface area contributed by atoms with Crippen LogP contribution in [0.15, 0.2) is 53.3 Å². The minimum absolute atomic E-state index is 0.275. The van der Waals surface area contributed by atoms with Crippen LogP contribution in [-0.2, 0) is 0 Å². The van der Waals surface area contributed by atoms with Crippen molar-refractivity contribution in [2.45, 2.75) is 13.0 Å². The molecule has 3 heteroatoms. The number of hydrogen-bond acceptors (Lipinski definition) is 2. The minimum Gasteiger partial charge on any atom is -0.377 e. The van der Waals surface area contributed by atoms with Crippen molar-refractivity contribution in [1.82, 2.24) is 4.98 Å². The third kappa shape index (κ3) is 2.83. The summed E-state index contributed by atoms with van der Waals surface area (Å²) in [4.78, 5) is 4.12. The van der Waals surface area contributed by atoms with Crippen LogP contribution in [0.1, 0.15) is 18.5 Å². The molecule has 16 heavy (non-hydrogen) atoms. The molecule has 0 unspecified atom stereocenters. The van der Waals surface area contributed by atoms with Crippen molar-refractivity contribution in [3.05, 3.63) is 58.8 Å². The number of anilines is 1. The Morgan fingerprint density at radius 3 is 2.62 bits per heavy atom. The predicted molar refractivity (Wildman–Crippen MR) is 70.4 cm³/mol. The fraction of sp³-hybridized carbons (Fsp3) is 0.154. The molecule has 0 aliphatic rings. The van der Waals surface area contributed by atoms with Crippen molar-refractivity contribution >= 4 is 21.6 Å². The summed E-state index contributed by atoms with van der Waals surface area (Å²) in [6.07, 6.45) is 3.60. The molecule has 0 radical (unpaired) electrons. The Kier molecular flexibility index (Phi) is 3.57. The number of benzene rings is 1. The molecule has 0 spiro atoms. The largest absolute Gasteiger partial charge is 0.377 e. The van der Waals surface area contributed by atoms with Gasteiger partial charge < -0.3 is 5.32 Å². The highest BCUT2D eigenvalue weighted by molar-refractivity contribution is 9.10. The third-order valence-electron chi connectivity index (χ3n) is 2.39. The molecule has 1 heterocycles. The molecule has 2 nitrogen and oxygen atoms in total. The maximum Gasteiger partial charge on any atom is 0.0542 e. The third-order valence-corrected chi connectivity index (χ3v) is 2.82. The number of halogens is 1. The van der Waals surface area contributed by atoms with Crippen molar-refractivity contribution in [2.75, 3.05) is 5.32 Å². The standard InChI is InChI=1S/C13H13BrN2/c1-10(11-5-3-2-4-6-11)16-13-7-12(14)8-15-9-13/h2-10,16H,1H3/t10-/m1/s1. The van der Waals surface area contributed by atoms with E-state index < -0.39 is 0 Å². The molecule has 2 aromatic rings. The SMILES string of the molecule is C[C@@H](Nc1cncc(Br)c1)c1ccccc1. The van der Waals surface area contributed by atoms with Gasteiger partial charge in [-0.15, -0.1) is 0 Å². The highest BCUT2D eigenvalue weighted by atomic mass is 79.9. The molecule has 1 N–H and O–H groups in total. The van der Waals surface area contributed by atoms with Crippen LogP contribution in [0, 0.1) is 0 Å². The van der Waals surface area contributed by atoms with Gasteiger partial charge in [-0.2, -0.15) is 0 Å². The van der Waals surface area contributed by atoms with Crippen LogP contribution in [-0.4, -0.2) is 4.98 Å². The molecule has 0 saturated heterocycles. The molecule has 1 atom stereocenters. The molecule has 2 rings (SSSR count). The number of rotatable bonds is 3. The Balaban J connectivity index is 2.11. The van der Waals surface area contributed by atoms with Gasteiger partial charge in [-0.3, -0.25) is 4.98 Å². The zero-order valence-electron chi connectivity index (χ0n) is 9.02. The number of hydrogen-bond donors (Lipinski definition) is 1. The van der Waals surface area contributed by atoms with E-state index in [1.54, 1.807) is 6.20 Å². The molecule has 1 aromatic carbocycles. The van der Waals surface area contributed by atoms with Gasteiger partial charge in [-0.1, -0.05) is 30.3 Å². The molecule has 0 aliphatic heterocycles. The fourth-order valence-corrected chi connectivity index (χ4v) is 1.93. The number of pyridine rings is 1. The van der Waals surface area contributed by atoms with Crippen LogP contribution in [0.5, 0.6) is 0 Å². The van der Waals surface area contributed by atoms with Crippen LogP contribution in [0.4, 0.5) is 5.69 Å². The summed E-state index contributed by atoms with van der Waals surface area (Å²) >= 11 is 3.41. The lowest BCUT2D eigenvalue weighted by Crippen LogP contribution is -2.06. The summed E-state index contributed by atoms with van der Waals surface area (Å²) in [7, 11) is 0. The van der Waals surface area contributed by atoms with Crippen LogP contribution in [0.25, 0.3) is 0 Å². The zero-order valence-corrected chi connectivity index (χ0v) is 10.6. The van der Waals surface area contributed by atoms with E-state index in [1.807, 2.05) is 30.5 Å². The highest BCUT2D eigenvalue weighted by Gasteiger charge is 2.04. The van der Waals surface area contributed by atoms with E-state index in [9.17, 15) is 0 Å². The van der Waals surface area contributed by atoms with Crippen molar-refractivity contribution in [1.29, 1.82) is 0 Å². The maximum atomic E-state index is 4.12. The van der Waals surface area contributed by atoms with Crippen LogP contribution < -0.4 is 5.32 Å². The van der Waals surface area contributed by atoms with E-state index in [4.69, 9.17) is 0 Å². The number of aromatic nitrogens is 1. The van der Waals surface area contributed by atoms with E-state index in [0.29, 0.717) is 0 Å². The molecular formula is C13H13BrN2. The Labute approximate surface area is 104 Å². The summed E-state index contributed by atoms with van der Waals surface area (Å²) in [5.74, 6) is 0. The second-order valence-electron chi connectivity index (χ2n) is 3.67.